The van der Waals surface area contributed by atoms with Crippen molar-refractivity contribution in [1.29, 1.82) is 0 Å². The summed E-state index contributed by atoms with van der Waals surface area (Å²) in [6.45, 7) is 0. The fourth-order valence-electron chi connectivity index (χ4n) is 1.22. The lowest BCUT2D eigenvalue weighted by Gasteiger charge is -2.08. The second-order valence-corrected chi connectivity index (χ2v) is 5.35. The van der Waals surface area contributed by atoms with Crippen LogP contribution in [0.4, 0.5) is 11.4 Å². The molecule has 1 heterocycles. The molecule has 0 fully saturated rings. The highest BCUT2D eigenvalue weighted by atomic mass is 35.5. The van der Waals surface area contributed by atoms with E-state index in [0.717, 1.165) is 0 Å². The quantitative estimate of drug-likeness (QED) is 0.736. The molecule has 2 aromatic rings. The maximum absolute atomic E-state index is 11.8. The van der Waals surface area contributed by atoms with Gasteiger partial charge in [0.15, 0.2) is 5.03 Å². The number of nitrogen functional groups attached to an aromatic ring is 1. The molecule has 2 rings (SSSR count). The highest BCUT2D eigenvalue weighted by Gasteiger charge is 2.16. The minimum Gasteiger partial charge on any atom is -0.397 e. The first-order valence-corrected chi connectivity index (χ1v) is 6.42. The Morgan fingerprint density at radius 2 is 2.12 bits per heavy atom. The molecule has 17 heavy (non-hydrogen) atoms. The van der Waals surface area contributed by atoms with E-state index in [-0.39, 0.29) is 16.4 Å². The standard InChI is InChI=1S/C9H9ClN4O2S/c10-6-1-2-8(7(11)5-6)14-17(15,16)9-3-4-12-13-9/h1-5,14H,11H2,(H,12,13). The van der Waals surface area contributed by atoms with E-state index in [1.165, 1.54) is 24.4 Å². The number of halogens is 1. The van der Waals surface area contributed by atoms with E-state index in [1.807, 2.05) is 0 Å². The Bertz CT molecular complexity index is 624. The number of anilines is 2. The van der Waals surface area contributed by atoms with Gasteiger partial charge in [-0.2, -0.15) is 13.5 Å². The molecule has 0 bridgehead atoms. The molecule has 4 N–H and O–H groups in total. The zero-order chi connectivity index (χ0) is 12.5. The van der Waals surface area contributed by atoms with Gasteiger partial charge in [-0.05, 0) is 24.3 Å². The first kappa shape index (κ1) is 11.7. The highest BCUT2D eigenvalue weighted by molar-refractivity contribution is 7.92. The van der Waals surface area contributed by atoms with Crippen molar-refractivity contribution in [2.45, 2.75) is 5.03 Å². The van der Waals surface area contributed by atoms with Gasteiger partial charge in [0.1, 0.15) is 0 Å². The van der Waals surface area contributed by atoms with Crippen LogP contribution in [0.15, 0.2) is 35.5 Å². The fourth-order valence-corrected chi connectivity index (χ4v) is 2.40. The van der Waals surface area contributed by atoms with Gasteiger partial charge in [0.2, 0.25) is 0 Å². The van der Waals surface area contributed by atoms with Crippen molar-refractivity contribution in [2.75, 3.05) is 10.5 Å². The molecule has 8 heteroatoms. The predicted octanol–water partition coefficient (Wildman–Crippen LogP) is 1.45. The van der Waals surface area contributed by atoms with Crippen LogP contribution in [-0.2, 0) is 10.0 Å². The molecule has 0 aliphatic carbocycles. The molecule has 0 aliphatic heterocycles. The second kappa shape index (κ2) is 4.27. The number of hydrogen-bond donors (Lipinski definition) is 3. The SMILES string of the molecule is Nc1cc(Cl)ccc1NS(=O)(=O)c1ccn[nH]1. The molecule has 0 spiro atoms. The molecule has 6 nitrogen and oxygen atoms in total. The van der Waals surface area contributed by atoms with E-state index in [4.69, 9.17) is 17.3 Å². The van der Waals surface area contributed by atoms with Crippen molar-refractivity contribution in [3.05, 3.63) is 35.5 Å². The lowest BCUT2D eigenvalue weighted by molar-refractivity contribution is 0.597. The number of nitrogens with one attached hydrogen (secondary N) is 2. The summed E-state index contributed by atoms with van der Waals surface area (Å²) in [5, 5.41) is 6.33. The summed E-state index contributed by atoms with van der Waals surface area (Å²) in [6, 6.07) is 5.84. The van der Waals surface area contributed by atoms with Crippen LogP contribution < -0.4 is 10.5 Å². The maximum atomic E-state index is 11.8. The van der Waals surface area contributed by atoms with Crippen molar-refractivity contribution in [1.82, 2.24) is 10.2 Å². The maximum Gasteiger partial charge on any atom is 0.278 e. The molecule has 0 aliphatic rings. The van der Waals surface area contributed by atoms with Crippen LogP contribution in [-0.4, -0.2) is 18.6 Å². The molecule has 0 radical (unpaired) electrons. The Morgan fingerprint density at radius 1 is 1.35 bits per heavy atom. The second-order valence-electron chi connectivity index (χ2n) is 3.26. The van der Waals surface area contributed by atoms with Crippen LogP contribution in [0.3, 0.4) is 0 Å². The Labute approximate surface area is 103 Å². The van der Waals surface area contributed by atoms with Gasteiger partial charge in [0.25, 0.3) is 10.0 Å². The minimum atomic E-state index is -3.70. The first-order chi connectivity index (χ1) is 7.99. The average Bonchev–Trinajstić information content (AvgIpc) is 2.76. The van der Waals surface area contributed by atoms with E-state index in [1.54, 1.807) is 6.07 Å². The third-order valence-electron chi connectivity index (χ3n) is 2.02. The summed E-state index contributed by atoms with van der Waals surface area (Å²) < 4.78 is 26.0. The van der Waals surface area contributed by atoms with E-state index < -0.39 is 10.0 Å². The Balaban J connectivity index is 2.33. The smallest absolute Gasteiger partial charge is 0.278 e. The Hall–Kier alpha value is -1.73. The third-order valence-corrected chi connectivity index (χ3v) is 3.55. The van der Waals surface area contributed by atoms with Crippen molar-refractivity contribution in [3.63, 3.8) is 0 Å². The van der Waals surface area contributed by atoms with Gasteiger partial charge in [-0.15, -0.1) is 0 Å². The van der Waals surface area contributed by atoms with Gasteiger partial charge in [-0.1, -0.05) is 11.6 Å². The minimum absolute atomic E-state index is 0.0353. The summed E-state index contributed by atoms with van der Waals surface area (Å²) in [7, 11) is -3.70. The summed E-state index contributed by atoms with van der Waals surface area (Å²) >= 11 is 5.71. The number of benzene rings is 1. The molecule has 1 aromatic heterocycles. The van der Waals surface area contributed by atoms with Crippen molar-refractivity contribution in [2.24, 2.45) is 0 Å². The summed E-state index contributed by atoms with van der Waals surface area (Å²) in [4.78, 5) is 0. The fraction of sp³-hybridized carbons (Fsp3) is 0. The van der Waals surface area contributed by atoms with Crippen molar-refractivity contribution >= 4 is 33.0 Å². The van der Waals surface area contributed by atoms with Crippen LogP contribution in [0.5, 0.6) is 0 Å². The van der Waals surface area contributed by atoms with E-state index in [0.29, 0.717) is 5.02 Å². The largest absolute Gasteiger partial charge is 0.397 e. The number of nitrogens with two attached hydrogens (primary N) is 1. The number of rotatable bonds is 3. The number of H-pyrrole nitrogens is 1. The van der Waals surface area contributed by atoms with Crippen LogP contribution >= 0.6 is 11.6 Å². The van der Waals surface area contributed by atoms with Crippen molar-refractivity contribution < 1.29 is 8.42 Å². The van der Waals surface area contributed by atoms with Gasteiger partial charge in [-0.25, -0.2) is 0 Å². The van der Waals surface area contributed by atoms with Gasteiger partial charge >= 0.3 is 0 Å². The third kappa shape index (κ3) is 2.51. The lowest BCUT2D eigenvalue weighted by atomic mass is 10.3. The van der Waals surface area contributed by atoms with E-state index in [2.05, 4.69) is 14.9 Å². The number of nitrogens with zero attached hydrogens (tertiary/aromatic N) is 1. The first-order valence-electron chi connectivity index (χ1n) is 4.56. The Kier molecular flexibility index (Phi) is 2.95. The normalized spacial score (nSPS) is 11.4. The molecule has 90 valence electrons. The summed E-state index contributed by atoms with van der Waals surface area (Å²) in [5.41, 5.74) is 6.16. The molecular formula is C9H9ClN4O2S. The van der Waals surface area contributed by atoms with Gasteiger partial charge < -0.3 is 5.73 Å². The van der Waals surface area contributed by atoms with Gasteiger partial charge in [0.05, 0.1) is 17.6 Å². The highest BCUT2D eigenvalue weighted by Crippen LogP contribution is 2.24. The van der Waals surface area contributed by atoms with Crippen LogP contribution in [0.25, 0.3) is 0 Å². The van der Waals surface area contributed by atoms with Crippen LogP contribution in [0.1, 0.15) is 0 Å². The van der Waals surface area contributed by atoms with E-state index >= 15 is 0 Å². The molecule has 1 aromatic carbocycles. The molecule has 0 atom stereocenters. The number of sulfonamides is 1. The Morgan fingerprint density at radius 3 is 2.71 bits per heavy atom. The summed E-state index contributed by atoms with van der Waals surface area (Å²) in [6.07, 6.45) is 1.35. The lowest BCUT2D eigenvalue weighted by Crippen LogP contribution is -2.14. The van der Waals surface area contributed by atoms with Crippen molar-refractivity contribution in [3.8, 4) is 0 Å². The van der Waals surface area contributed by atoms with Gasteiger partial charge in [0, 0.05) is 5.02 Å². The summed E-state index contributed by atoms with van der Waals surface area (Å²) in [5.74, 6) is 0. The molecule has 0 saturated carbocycles. The monoisotopic (exact) mass is 272 g/mol. The number of aromatic nitrogens is 2. The molecular weight excluding hydrogens is 264 g/mol. The van der Waals surface area contributed by atoms with E-state index in [9.17, 15) is 8.42 Å². The predicted molar refractivity (Wildman–Crippen MR) is 65.3 cm³/mol. The molecule has 0 saturated heterocycles. The average molecular weight is 273 g/mol. The van der Waals surface area contributed by atoms with Crippen LogP contribution in [0, 0.1) is 0 Å². The van der Waals surface area contributed by atoms with Crippen LogP contribution in [0.2, 0.25) is 5.02 Å². The molecule has 0 unspecified atom stereocenters. The topological polar surface area (TPSA) is 101 Å². The van der Waals surface area contributed by atoms with Gasteiger partial charge in [-0.3, -0.25) is 9.82 Å². The zero-order valence-electron chi connectivity index (χ0n) is 8.51. The zero-order valence-corrected chi connectivity index (χ0v) is 10.1. The number of hydrogen-bond acceptors (Lipinski definition) is 4. The molecule has 0 amide bonds. The number of aromatic amines is 1.